The zero-order valence-electron chi connectivity index (χ0n) is 15.0. The first-order chi connectivity index (χ1) is 12.6. The third-order valence-corrected chi connectivity index (χ3v) is 3.73. The van der Waals surface area contributed by atoms with Crippen LogP contribution in [0.3, 0.4) is 0 Å². The molecular weight excluding hydrogens is 335 g/mol. The van der Waals surface area contributed by atoms with E-state index in [-0.39, 0.29) is 17.5 Å². The molecule has 0 unspecified atom stereocenters. The van der Waals surface area contributed by atoms with Gasteiger partial charge in [0.1, 0.15) is 5.82 Å². The fraction of sp³-hybridized carbons (Fsp3) is 0.316. The fourth-order valence-corrected chi connectivity index (χ4v) is 2.37. The van der Waals surface area contributed by atoms with Crippen molar-refractivity contribution in [1.29, 1.82) is 0 Å². The summed E-state index contributed by atoms with van der Waals surface area (Å²) in [7, 11) is 0. The third kappa shape index (κ3) is 4.17. The number of rotatable bonds is 7. The van der Waals surface area contributed by atoms with E-state index < -0.39 is 0 Å². The average Bonchev–Trinajstić information content (AvgIpc) is 3.13. The van der Waals surface area contributed by atoms with Gasteiger partial charge < -0.3 is 14.6 Å². The predicted molar refractivity (Wildman–Crippen MR) is 96.5 cm³/mol. The van der Waals surface area contributed by atoms with E-state index in [0.29, 0.717) is 30.7 Å². The van der Waals surface area contributed by atoms with Crippen LogP contribution in [0.4, 0.5) is 10.2 Å². The molecule has 3 rings (SSSR count). The molecule has 0 aliphatic heterocycles. The van der Waals surface area contributed by atoms with E-state index >= 15 is 0 Å². The number of ether oxygens (including phenoxy) is 1. The Morgan fingerprint density at radius 3 is 2.77 bits per heavy atom. The number of aromatic nitrogens is 3. The summed E-state index contributed by atoms with van der Waals surface area (Å²) in [6.45, 7) is 6.69. The minimum atomic E-state index is -0.375. The van der Waals surface area contributed by atoms with E-state index in [1.54, 1.807) is 18.3 Å². The first-order valence-corrected chi connectivity index (χ1v) is 8.52. The Balaban J connectivity index is 1.70. The second kappa shape index (κ2) is 7.95. The lowest BCUT2D eigenvalue weighted by Gasteiger charge is -2.09. The molecule has 2 aromatic heterocycles. The van der Waals surface area contributed by atoms with Crippen LogP contribution in [0.25, 0.3) is 11.5 Å². The summed E-state index contributed by atoms with van der Waals surface area (Å²) in [4.78, 5) is 8.65. The standard InChI is InChI=1S/C19H21FN4O2/c1-4-25-16-6-5-13(9-15(16)20)11-22-17-10-14(7-8-21-17)19-23-18(12(2)3)24-26-19/h5-10,12H,4,11H2,1-3H3,(H,21,22). The zero-order valence-corrected chi connectivity index (χ0v) is 15.0. The summed E-state index contributed by atoms with van der Waals surface area (Å²) < 4.78 is 24.4. The van der Waals surface area contributed by atoms with Crippen molar-refractivity contribution in [2.75, 3.05) is 11.9 Å². The largest absolute Gasteiger partial charge is 0.491 e. The van der Waals surface area contributed by atoms with E-state index in [0.717, 1.165) is 11.1 Å². The number of nitrogens with zero attached hydrogens (tertiary/aromatic N) is 3. The smallest absolute Gasteiger partial charge is 0.258 e. The molecular formula is C19H21FN4O2. The maximum absolute atomic E-state index is 13.9. The first-order valence-electron chi connectivity index (χ1n) is 8.52. The maximum atomic E-state index is 13.9. The van der Waals surface area contributed by atoms with E-state index in [9.17, 15) is 4.39 Å². The molecule has 0 fully saturated rings. The van der Waals surface area contributed by atoms with Crippen molar-refractivity contribution in [2.24, 2.45) is 0 Å². The Kier molecular flexibility index (Phi) is 5.46. The van der Waals surface area contributed by atoms with Crippen molar-refractivity contribution in [3.8, 4) is 17.2 Å². The summed E-state index contributed by atoms with van der Waals surface area (Å²) in [6, 6.07) is 8.53. The zero-order chi connectivity index (χ0) is 18.5. The minimum Gasteiger partial charge on any atom is -0.491 e. The van der Waals surface area contributed by atoms with Gasteiger partial charge in [-0.1, -0.05) is 25.1 Å². The monoisotopic (exact) mass is 356 g/mol. The van der Waals surface area contributed by atoms with Crippen LogP contribution in [0.1, 0.15) is 38.1 Å². The van der Waals surface area contributed by atoms with Gasteiger partial charge in [-0.05, 0) is 36.8 Å². The molecule has 0 aliphatic rings. The number of halogens is 1. The highest BCUT2D eigenvalue weighted by Crippen LogP contribution is 2.22. The van der Waals surface area contributed by atoms with E-state index in [1.165, 1.54) is 6.07 Å². The fourth-order valence-electron chi connectivity index (χ4n) is 2.37. The summed E-state index contributed by atoms with van der Waals surface area (Å²) in [5.41, 5.74) is 1.57. The second-order valence-corrected chi connectivity index (χ2v) is 6.09. The van der Waals surface area contributed by atoms with Gasteiger partial charge in [0.05, 0.1) is 6.61 Å². The molecule has 0 amide bonds. The van der Waals surface area contributed by atoms with Crippen molar-refractivity contribution in [1.82, 2.24) is 15.1 Å². The SMILES string of the molecule is CCOc1ccc(CNc2cc(-c3nc(C(C)C)no3)ccn2)cc1F. The molecule has 0 saturated heterocycles. The molecule has 0 saturated carbocycles. The maximum Gasteiger partial charge on any atom is 0.258 e. The normalized spacial score (nSPS) is 11.0. The lowest BCUT2D eigenvalue weighted by molar-refractivity contribution is 0.321. The van der Waals surface area contributed by atoms with E-state index in [4.69, 9.17) is 9.26 Å². The van der Waals surface area contributed by atoms with Gasteiger partial charge in [0.2, 0.25) is 0 Å². The Bertz CT molecular complexity index is 879. The second-order valence-electron chi connectivity index (χ2n) is 6.09. The number of anilines is 1. The number of benzene rings is 1. The number of hydrogen-bond donors (Lipinski definition) is 1. The lowest BCUT2D eigenvalue weighted by atomic mass is 10.2. The molecule has 1 aromatic carbocycles. The Labute approximate surface area is 151 Å². The van der Waals surface area contributed by atoms with E-state index in [1.807, 2.05) is 32.9 Å². The first kappa shape index (κ1) is 17.8. The van der Waals surface area contributed by atoms with Crippen LogP contribution in [0.15, 0.2) is 41.1 Å². The van der Waals surface area contributed by atoms with Crippen molar-refractivity contribution >= 4 is 5.82 Å². The highest BCUT2D eigenvalue weighted by molar-refractivity contribution is 5.58. The van der Waals surface area contributed by atoms with Gasteiger partial charge in [-0.25, -0.2) is 9.37 Å². The lowest BCUT2D eigenvalue weighted by Crippen LogP contribution is -2.03. The Morgan fingerprint density at radius 2 is 2.08 bits per heavy atom. The molecule has 2 heterocycles. The van der Waals surface area contributed by atoms with Crippen molar-refractivity contribution in [2.45, 2.75) is 33.2 Å². The number of hydrogen-bond acceptors (Lipinski definition) is 6. The van der Waals surface area contributed by atoms with Crippen LogP contribution in [-0.2, 0) is 6.54 Å². The van der Waals surface area contributed by atoms with Gasteiger partial charge in [0, 0.05) is 24.2 Å². The van der Waals surface area contributed by atoms with Gasteiger partial charge >= 0.3 is 0 Å². The minimum absolute atomic E-state index is 0.196. The summed E-state index contributed by atoms with van der Waals surface area (Å²) in [5.74, 6) is 1.83. The number of pyridine rings is 1. The molecule has 3 aromatic rings. The van der Waals surface area contributed by atoms with Crippen LogP contribution in [0.5, 0.6) is 5.75 Å². The van der Waals surface area contributed by atoms with Gasteiger partial charge in [0.15, 0.2) is 17.4 Å². The summed E-state index contributed by atoms with van der Waals surface area (Å²) >= 11 is 0. The highest BCUT2D eigenvalue weighted by atomic mass is 19.1. The summed E-state index contributed by atoms with van der Waals surface area (Å²) in [5, 5.41) is 7.14. The Hall–Kier alpha value is -2.96. The van der Waals surface area contributed by atoms with E-state index in [2.05, 4.69) is 20.4 Å². The highest BCUT2D eigenvalue weighted by Gasteiger charge is 2.12. The molecule has 0 bridgehead atoms. The van der Waals surface area contributed by atoms with Gasteiger partial charge in [-0.15, -0.1) is 0 Å². The number of nitrogens with one attached hydrogen (secondary N) is 1. The van der Waals surface area contributed by atoms with Gasteiger partial charge in [-0.2, -0.15) is 4.98 Å². The molecule has 0 radical (unpaired) electrons. The van der Waals surface area contributed by atoms with Gasteiger partial charge in [-0.3, -0.25) is 0 Å². The topological polar surface area (TPSA) is 73.1 Å². The predicted octanol–water partition coefficient (Wildman–Crippen LogP) is 4.40. The Morgan fingerprint density at radius 1 is 1.23 bits per heavy atom. The summed E-state index contributed by atoms with van der Waals surface area (Å²) in [6.07, 6.45) is 1.66. The molecule has 0 spiro atoms. The molecule has 0 aliphatic carbocycles. The molecule has 7 heteroatoms. The molecule has 26 heavy (non-hydrogen) atoms. The van der Waals surface area contributed by atoms with Crippen LogP contribution in [-0.4, -0.2) is 21.7 Å². The quantitative estimate of drug-likeness (QED) is 0.676. The van der Waals surface area contributed by atoms with Crippen molar-refractivity contribution < 1.29 is 13.7 Å². The average molecular weight is 356 g/mol. The molecule has 6 nitrogen and oxygen atoms in total. The van der Waals surface area contributed by atoms with Crippen LogP contribution >= 0.6 is 0 Å². The third-order valence-electron chi connectivity index (χ3n) is 3.73. The molecule has 1 N–H and O–H groups in total. The van der Waals surface area contributed by atoms with Crippen LogP contribution in [0, 0.1) is 5.82 Å². The molecule has 0 atom stereocenters. The van der Waals surface area contributed by atoms with Crippen molar-refractivity contribution in [3.05, 3.63) is 53.7 Å². The van der Waals surface area contributed by atoms with Crippen LogP contribution < -0.4 is 10.1 Å². The van der Waals surface area contributed by atoms with Crippen LogP contribution in [0.2, 0.25) is 0 Å². The van der Waals surface area contributed by atoms with Crippen molar-refractivity contribution in [3.63, 3.8) is 0 Å². The van der Waals surface area contributed by atoms with Gasteiger partial charge in [0.25, 0.3) is 5.89 Å². The molecule has 136 valence electrons.